The van der Waals surface area contributed by atoms with Crippen molar-refractivity contribution >= 4 is 28.5 Å². The van der Waals surface area contributed by atoms with Crippen LogP contribution in [0.25, 0.3) is 0 Å². The number of aromatic nitrogens is 1. The molecule has 1 aromatic rings. The van der Waals surface area contributed by atoms with E-state index in [1.54, 1.807) is 25.5 Å². The Kier molecular flexibility index (Phi) is 3.58. The van der Waals surface area contributed by atoms with Crippen molar-refractivity contribution in [3.63, 3.8) is 0 Å². The van der Waals surface area contributed by atoms with Gasteiger partial charge in [0.2, 0.25) is 0 Å². The standard InChI is InChI=1S/C8H10N3O2S/c1-5(2)13-11-6(3-12)7-4-14-8(9)10-7/h4-5H,1-2H3,(H2,9,10)/b11-6+. The van der Waals surface area contributed by atoms with Crippen molar-refractivity contribution < 1.29 is 9.63 Å². The fourth-order valence-corrected chi connectivity index (χ4v) is 1.22. The number of hydrogen-bond donors (Lipinski definition) is 1. The highest BCUT2D eigenvalue weighted by molar-refractivity contribution is 7.13. The molecule has 14 heavy (non-hydrogen) atoms. The van der Waals surface area contributed by atoms with Gasteiger partial charge in [-0.1, -0.05) is 5.16 Å². The number of nitrogens with zero attached hydrogens (tertiary/aromatic N) is 2. The third kappa shape index (κ3) is 2.81. The van der Waals surface area contributed by atoms with Gasteiger partial charge in [0.15, 0.2) is 10.8 Å². The molecular formula is C8H10N3O2S. The van der Waals surface area contributed by atoms with Gasteiger partial charge in [-0.3, -0.25) is 4.79 Å². The highest BCUT2D eigenvalue weighted by Crippen LogP contribution is 2.11. The summed E-state index contributed by atoms with van der Waals surface area (Å²) in [5.41, 5.74) is 5.83. The van der Waals surface area contributed by atoms with Crippen LogP contribution in [0.5, 0.6) is 0 Å². The Morgan fingerprint density at radius 3 is 2.93 bits per heavy atom. The summed E-state index contributed by atoms with van der Waals surface area (Å²) in [6.45, 7) is 3.61. The first kappa shape index (κ1) is 10.6. The number of oxime groups is 1. The van der Waals surface area contributed by atoms with Crippen molar-refractivity contribution in [2.45, 2.75) is 20.0 Å². The molecule has 1 heterocycles. The summed E-state index contributed by atoms with van der Waals surface area (Å²) in [4.78, 5) is 19.3. The van der Waals surface area contributed by atoms with Crippen molar-refractivity contribution in [3.05, 3.63) is 11.1 Å². The molecule has 0 amide bonds. The Labute approximate surface area is 85.6 Å². The van der Waals surface area contributed by atoms with Crippen molar-refractivity contribution in [2.75, 3.05) is 5.73 Å². The van der Waals surface area contributed by atoms with E-state index in [0.29, 0.717) is 10.8 Å². The number of nitrogens with two attached hydrogens (primary N) is 1. The lowest BCUT2D eigenvalue weighted by atomic mass is 10.3. The smallest absolute Gasteiger partial charge is 0.259 e. The molecule has 0 aliphatic carbocycles. The average Bonchev–Trinajstić information content (AvgIpc) is 2.53. The second-order valence-corrected chi connectivity index (χ2v) is 3.66. The van der Waals surface area contributed by atoms with Crippen LogP contribution < -0.4 is 5.73 Å². The van der Waals surface area contributed by atoms with Gasteiger partial charge in [0.1, 0.15) is 11.8 Å². The molecule has 1 radical (unpaired) electrons. The Morgan fingerprint density at radius 2 is 2.50 bits per heavy atom. The van der Waals surface area contributed by atoms with Gasteiger partial charge >= 0.3 is 0 Å². The summed E-state index contributed by atoms with van der Waals surface area (Å²) in [6, 6.07) is 0. The maximum atomic E-state index is 10.5. The number of carbonyl (C=O) groups excluding carboxylic acids is 1. The summed E-state index contributed by atoms with van der Waals surface area (Å²) >= 11 is 1.23. The van der Waals surface area contributed by atoms with Gasteiger partial charge in [0.05, 0.1) is 0 Å². The molecule has 75 valence electrons. The van der Waals surface area contributed by atoms with E-state index in [1.807, 2.05) is 0 Å². The van der Waals surface area contributed by atoms with Gasteiger partial charge in [-0.25, -0.2) is 4.98 Å². The van der Waals surface area contributed by atoms with Crippen LogP contribution in [0.3, 0.4) is 0 Å². The lowest BCUT2D eigenvalue weighted by Gasteiger charge is -2.01. The second kappa shape index (κ2) is 4.71. The SMILES string of the molecule is CC(C)O/N=C(\[C]=O)c1csc(N)n1. The third-order valence-electron chi connectivity index (χ3n) is 1.22. The molecule has 0 unspecified atom stereocenters. The van der Waals surface area contributed by atoms with E-state index in [-0.39, 0.29) is 11.8 Å². The zero-order chi connectivity index (χ0) is 10.6. The Hall–Kier alpha value is -1.43. The number of hydrogen-bond acceptors (Lipinski definition) is 6. The minimum atomic E-state index is -0.0886. The number of thiazole rings is 1. The van der Waals surface area contributed by atoms with Gasteiger partial charge in [-0.05, 0) is 13.8 Å². The van der Waals surface area contributed by atoms with E-state index in [4.69, 9.17) is 10.6 Å². The van der Waals surface area contributed by atoms with E-state index in [2.05, 4.69) is 10.1 Å². The van der Waals surface area contributed by atoms with Crippen LogP contribution in [-0.2, 0) is 9.63 Å². The van der Waals surface area contributed by atoms with Crippen molar-refractivity contribution in [1.29, 1.82) is 0 Å². The molecule has 0 saturated carbocycles. The minimum absolute atomic E-state index is 0.0339. The largest absolute Gasteiger partial charge is 0.392 e. The Balaban J connectivity index is 2.81. The number of anilines is 1. The van der Waals surface area contributed by atoms with Gasteiger partial charge < -0.3 is 10.6 Å². The van der Waals surface area contributed by atoms with Crippen LogP contribution in [0.4, 0.5) is 5.13 Å². The fourth-order valence-electron chi connectivity index (χ4n) is 0.672. The third-order valence-corrected chi connectivity index (χ3v) is 1.89. The average molecular weight is 212 g/mol. The summed E-state index contributed by atoms with van der Waals surface area (Å²) in [6.07, 6.45) is 1.56. The van der Waals surface area contributed by atoms with Crippen LogP contribution in [0, 0.1) is 0 Å². The summed E-state index contributed by atoms with van der Waals surface area (Å²) in [7, 11) is 0. The first-order valence-electron chi connectivity index (χ1n) is 3.97. The molecule has 0 saturated heterocycles. The summed E-state index contributed by atoms with van der Waals surface area (Å²) < 4.78 is 0. The second-order valence-electron chi connectivity index (χ2n) is 2.77. The van der Waals surface area contributed by atoms with Gasteiger partial charge in [-0.15, -0.1) is 11.3 Å². The fraction of sp³-hybridized carbons (Fsp3) is 0.375. The van der Waals surface area contributed by atoms with Crippen LogP contribution >= 0.6 is 11.3 Å². The number of rotatable bonds is 4. The Bertz CT molecular complexity index is 346. The monoisotopic (exact) mass is 212 g/mol. The highest BCUT2D eigenvalue weighted by atomic mass is 32.1. The maximum Gasteiger partial charge on any atom is 0.259 e. The molecule has 1 aromatic heterocycles. The molecule has 0 spiro atoms. The zero-order valence-electron chi connectivity index (χ0n) is 7.85. The molecule has 0 atom stereocenters. The lowest BCUT2D eigenvalue weighted by molar-refractivity contribution is 0.0866. The molecular weight excluding hydrogens is 202 g/mol. The van der Waals surface area contributed by atoms with Crippen molar-refractivity contribution in [1.82, 2.24) is 4.98 Å². The van der Waals surface area contributed by atoms with Gasteiger partial charge in [0.25, 0.3) is 6.29 Å². The molecule has 5 nitrogen and oxygen atoms in total. The molecule has 0 fully saturated rings. The van der Waals surface area contributed by atoms with E-state index < -0.39 is 0 Å². The van der Waals surface area contributed by atoms with Gasteiger partial charge in [-0.2, -0.15) is 0 Å². The van der Waals surface area contributed by atoms with Crippen LogP contribution in [0.2, 0.25) is 0 Å². The first-order valence-corrected chi connectivity index (χ1v) is 4.84. The summed E-state index contributed by atoms with van der Waals surface area (Å²) in [5, 5.41) is 5.62. The molecule has 0 aromatic carbocycles. The first-order chi connectivity index (χ1) is 6.63. The number of nitrogen functional groups attached to an aromatic ring is 1. The highest BCUT2D eigenvalue weighted by Gasteiger charge is 2.08. The molecule has 1 rings (SSSR count). The van der Waals surface area contributed by atoms with E-state index in [1.165, 1.54) is 11.3 Å². The van der Waals surface area contributed by atoms with E-state index in [0.717, 1.165) is 0 Å². The van der Waals surface area contributed by atoms with E-state index >= 15 is 0 Å². The van der Waals surface area contributed by atoms with Crippen LogP contribution in [0.1, 0.15) is 19.5 Å². The van der Waals surface area contributed by atoms with E-state index in [9.17, 15) is 4.79 Å². The van der Waals surface area contributed by atoms with Crippen molar-refractivity contribution in [2.24, 2.45) is 5.16 Å². The molecule has 2 N–H and O–H groups in total. The van der Waals surface area contributed by atoms with Crippen LogP contribution in [-0.4, -0.2) is 23.1 Å². The predicted molar refractivity (Wildman–Crippen MR) is 55.0 cm³/mol. The molecule has 6 heteroatoms. The summed E-state index contributed by atoms with van der Waals surface area (Å²) in [5.74, 6) is 0. The molecule has 0 aliphatic rings. The quantitative estimate of drug-likeness (QED) is 0.595. The predicted octanol–water partition coefficient (Wildman–Crippen LogP) is 0.964. The molecule has 0 bridgehead atoms. The lowest BCUT2D eigenvalue weighted by Crippen LogP contribution is -2.06. The maximum absolute atomic E-state index is 10.5. The van der Waals surface area contributed by atoms with Crippen LogP contribution in [0.15, 0.2) is 10.5 Å². The Morgan fingerprint density at radius 1 is 1.79 bits per heavy atom. The topological polar surface area (TPSA) is 77.6 Å². The minimum Gasteiger partial charge on any atom is -0.392 e. The van der Waals surface area contributed by atoms with Crippen molar-refractivity contribution in [3.8, 4) is 0 Å². The molecule has 0 aliphatic heterocycles. The normalized spacial score (nSPS) is 11.8. The zero-order valence-corrected chi connectivity index (χ0v) is 8.67. The van der Waals surface area contributed by atoms with Gasteiger partial charge in [0, 0.05) is 5.38 Å².